The summed E-state index contributed by atoms with van der Waals surface area (Å²) in [6.45, 7) is 18.6. The summed E-state index contributed by atoms with van der Waals surface area (Å²) in [5.74, 6) is -0.295. The van der Waals surface area contributed by atoms with Crippen molar-refractivity contribution in [2.45, 2.75) is 20.8 Å². The van der Waals surface area contributed by atoms with Gasteiger partial charge < -0.3 is 0 Å². The van der Waals surface area contributed by atoms with Crippen LogP contribution in [0.15, 0.2) is 72.4 Å². The zero-order valence-electron chi connectivity index (χ0n) is 11.9. The lowest BCUT2D eigenvalue weighted by Crippen LogP contribution is -2.06. The molecule has 100 valence electrons. The van der Waals surface area contributed by atoms with Gasteiger partial charge in [0, 0.05) is 16.7 Å². The molecule has 0 radical (unpaired) electrons. The molecule has 0 saturated heterocycles. The van der Waals surface area contributed by atoms with Crippen LogP contribution in [0.5, 0.6) is 0 Å². The Morgan fingerprint density at radius 3 is 2.11 bits per heavy atom. The molecule has 0 unspecified atom stereocenters. The monoisotopic (exact) mass is 256 g/mol. The fourth-order valence-corrected chi connectivity index (χ4v) is 1.87. The van der Waals surface area contributed by atoms with E-state index in [-0.39, 0.29) is 11.6 Å². The molecule has 0 aromatic heterocycles. The van der Waals surface area contributed by atoms with Crippen LogP contribution in [0.3, 0.4) is 0 Å². The second kappa shape index (κ2) is 7.27. The van der Waals surface area contributed by atoms with Gasteiger partial charge in [0.1, 0.15) is 0 Å². The molecule has 1 rings (SSSR count). The molecule has 0 saturated carbocycles. The standard InChI is InChI=1S/C15H16O2.C2H4/c1-6-8-13(11(5)16)14-10(4)9(3)12(7-2)15(14)17;1-2/h6-8H,2,4H2,1,3,5H3;1-2H2/b8-6-,14-13-;. The highest BCUT2D eigenvalue weighted by Crippen LogP contribution is 2.34. The Labute approximate surface area is 115 Å². The minimum atomic E-state index is -0.161. The fraction of sp³-hybridized carbons (Fsp3) is 0.176. The van der Waals surface area contributed by atoms with E-state index in [1.165, 1.54) is 13.0 Å². The van der Waals surface area contributed by atoms with Crippen LogP contribution >= 0.6 is 0 Å². The van der Waals surface area contributed by atoms with E-state index in [4.69, 9.17) is 0 Å². The van der Waals surface area contributed by atoms with Crippen molar-refractivity contribution in [1.29, 1.82) is 0 Å². The van der Waals surface area contributed by atoms with Crippen molar-refractivity contribution in [3.05, 3.63) is 72.4 Å². The molecule has 0 N–H and O–H groups in total. The van der Waals surface area contributed by atoms with Gasteiger partial charge in [-0.2, -0.15) is 0 Å². The number of Topliss-reactive ketones (excluding diaryl/α,β-unsaturated/α-hetero) is 2. The van der Waals surface area contributed by atoms with Crippen molar-refractivity contribution in [2.24, 2.45) is 0 Å². The van der Waals surface area contributed by atoms with Crippen molar-refractivity contribution >= 4 is 11.6 Å². The van der Waals surface area contributed by atoms with Crippen molar-refractivity contribution in [2.75, 3.05) is 0 Å². The van der Waals surface area contributed by atoms with Crippen LogP contribution in [0.1, 0.15) is 20.8 Å². The minimum absolute atomic E-state index is 0.134. The highest BCUT2D eigenvalue weighted by atomic mass is 16.1. The van der Waals surface area contributed by atoms with E-state index in [1.807, 2.05) is 6.92 Å². The summed E-state index contributed by atoms with van der Waals surface area (Å²) in [6.07, 6.45) is 4.91. The van der Waals surface area contributed by atoms with Crippen LogP contribution in [0, 0.1) is 0 Å². The van der Waals surface area contributed by atoms with Gasteiger partial charge in [0.25, 0.3) is 0 Å². The van der Waals surface area contributed by atoms with Gasteiger partial charge in [0.2, 0.25) is 0 Å². The number of hydrogen-bond donors (Lipinski definition) is 0. The van der Waals surface area contributed by atoms with E-state index >= 15 is 0 Å². The second-order valence-electron chi connectivity index (χ2n) is 3.90. The van der Waals surface area contributed by atoms with Gasteiger partial charge in [-0.15, -0.1) is 13.2 Å². The Bertz CT molecular complexity index is 525. The third-order valence-corrected chi connectivity index (χ3v) is 2.82. The van der Waals surface area contributed by atoms with Crippen molar-refractivity contribution in [3.8, 4) is 0 Å². The molecule has 1 aliphatic rings. The molecule has 0 heterocycles. The molecule has 0 aliphatic heterocycles. The maximum absolute atomic E-state index is 12.1. The number of rotatable bonds is 3. The lowest BCUT2D eigenvalue weighted by molar-refractivity contribution is -0.115. The SMILES string of the molecule is C=C.C=CC1=C(C)C(=C)/C(=C(\C=C/C)C(C)=O)C1=O. The Kier molecular flexibility index (Phi) is 6.42. The lowest BCUT2D eigenvalue weighted by atomic mass is 9.97. The van der Waals surface area contributed by atoms with Crippen LogP contribution in [-0.4, -0.2) is 11.6 Å². The molecular weight excluding hydrogens is 236 g/mol. The van der Waals surface area contributed by atoms with Crippen molar-refractivity contribution in [1.82, 2.24) is 0 Å². The summed E-state index contributed by atoms with van der Waals surface area (Å²) in [5, 5.41) is 0. The van der Waals surface area contributed by atoms with Gasteiger partial charge in [-0.3, -0.25) is 9.59 Å². The van der Waals surface area contributed by atoms with Crippen LogP contribution in [0.4, 0.5) is 0 Å². The third kappa shape index (κ3) is 3.16. The Morgan fingerprint density at radius 1 is 1.26 bits per heavy atom. The van der Waals surface area contributed by atoms with Crippen molar-refractivity contribution in [3.63, 3.8) is 0 Å². The van der Waals surface area contributed by atoms with Crippen LogP contribution in [0.25, 0.3) is 0 Å². The molecule has 19 heavy (non-hydrogen) atoms. The molecule has 0 aromatic rings. The first-order valence-corrected chi connectivity index (χ1v) is 5.91. The van der Waals surface area contributed by atoms with E-state index in [2.05, 4.69) is 26.3 Å². The van der Waals surface area contributed by atoms with E-state index in [9.17, 15) is 9.59 Å². The average molecular weight is 256 g/mol. The van der Waals surface area contributed by atoms with Gasteiger partial charge in [0.05, 0.1) is 0 Å². The van der Waals surface area contributed by atoms with Crippen LogP contribution < -0.4 is 0 Å². The quantitative estimate of drug-likeness (QED) is 0.567. The third-order valence-electron chi connectivity index (χ3n) is 2.82. The fourth-order valence-electron chi connectivity index (χ4n) is 1.87. The second-order valence-corrected chi connectivity index (χ2v) is 3.90. The van der Waals surface area contributed by atoms with Crippen molar-refractivity contribution < 1.29 is 9.59 Å². The number of ketones is 2. The van der Waals surface area contributed by atoms with E-state index < -0.39 is 0 Å². The first-order chi connectivity index (χ1) is 8.95. The number of allylic oxidation sites excluding steroid dienone is 8. The van der Waals surface area contributed by atoms with Gasteiger partial charge in [-0.25, -0.2) is 0 Å². The van der Waals surface area contributed by atoms with E-state index in [1.54, 1.807) is 19.1 Å². The summed E-state index contributed by atoms with van der Waals surface area (Å²) < 4.78 is 0. The topological polar surface area (TPSA) is 34.1 Å². The normalized spacial score (nSPS) is 17.4. The largest absolute Gasteiger partial charge is 0.294 e. The van der Waals surface area contributed by atoms with Crippen LogP contribution in [0.2, 0.25) is 0 Å². The molecule has 1 aliphatic carbocycles. The first-order valence-electron chi connectivity index (χ1n) is 5.91. The molecule has 0 amide bonds. The Morgan fingerprint density at radius 2 is 1.79 bits per heavy atom. The predicted molar refractivity (Wildman–Crippen MR) is 80.8 cm³/mol. The number of carbonyl (C=O) groups is 2. The molecule has 0 fully saturated rings. The average Bonchev–Trinajstić information content (AvgIpc) is 2.60. The highest BCUT2D eigenvalue weighted by Gasteiger charge is 2.30. The minimum Gasteiger partial charge on any atom is -0.294 e. The Hall–Kier alpha value is -2.22. The number of carbonyl (C=O) groups excluding carboxylic acids is 2. The summed E-state index contributed by atoms with van der Waals surface area (Å²) >= 11 is 0. The highest BCUT2D eigenvalue weighted by molar-refractivity contribution is 6.22. The van der Waals surface area contributed by atoms with Gasteiger partial charge in [0.15, 0.2) is 11.6 Å². The molecule has 2 nitrogen and oxygen atoms in total. The summed E-state index contributed by atoms with van der Waals surface area (Å²) in [7, 11) is 0. The zero-order chi connectivity index (χ0) is 15.2. The number of hydrogen-bond acceptors (Lipinski definition) is 2. The maximum atomic E-state index is 12.1. The summed E-state index contributed by atoms with van der Waals surface area (Å²) in [4.78, 5) is 23.7. The van der Waals surface area contributed by atoms with Gasteiger partial charge in [-0.05, 0) is 31.9 Å². The molecule has 2 heteroatoms. The molecule has 0 atom stereocenters. The summed E-state index contributed by atoms with van der Waals surface area (Å²) in [6, 6.07) is 0. The molecular formula is C17H20O2. The summed E-state index contributed by atoms with van der Waals surface area (Å²) in [5.41, 5.74) is 2.77. The van der Waals surface area contributed by atoms with E-state index in [0.717, 1.165) is 5.57 Å². The van der Waals surface area contributed by atoms with Crippen LogP contribution in [-0.2, 0) is 9.59 Å². The molecule has 0 bridgehead atoms. The first kappa shape index (κ1) is 16.8. The van der Waals surface area contributed by atoms with E-state index in [0.29, 0.717) is 22.3 Å². The van der Waals surface area contributed by atoms with Gasteiger partial charge >= 0.3 is 0 Å². The smallest absolute Gasteiger partial charge is 0.194 e. The van der Waals surface area contributed by atoms with Gasteiger partial charge in [-0.1, -0.05) is 31.4 Å². The Balaban J connectivity index is 0.00000154. The predicted octanol–water partition coefficient (Wildman–Crippen LogP) is 3.89. The molecule has 0 aromatic carbocycles. The molecule has 0 spiro atoms. The zero-order valence-corrected chi connectivity index (χ0v) is 11.9. The maximum Gasteiger partial charge on any atom is 0.194 e. The lowest BCUT2D eigenvalue weighted by Gasteiger charge is -2.04.